The van der Waals surface area contributed by atoms with E-state index in [1.54, 1.807) is 11.3 Å². The van der Waals surface area contributed by atoms with Gasteiger partial charge >= 0.3 is 0 Å². The molecule has 108 valence electrons. The minimum Gasteiger partial charge on any atom is -0.319 e. The molecule has 4 rings (SSSR count). The lowest BCUT2D eigenvalue weighted by molar-refractivity contribution is 0.836. The van der Waals surface area contributed by atoms with Crippen LogP contribution in [0.25, 0.3) is 21.7 Å². The van der Waals surface area contributed by atoms with Crippen molar-refractivity contribution in [2.75, 3.05) is 0 Å². The van der Waals surface area contributed by atoms with Crippen molar-refractivity contribution in [2.45, 2.75) is 6.54 Å². The molecule has 0 spiro atoms. The van der Waals surface area contributed by atoms with Crippen molar-refractivity contribution in [1.82, 2.24) is 14.5 Å². The van der Waals surface area contributed by atoms with Gasteiger partial charge in [-0.2, -0.15) is 0 Å². The molecule has 0 unspecified atom stereocenters. The number of nitrogens with zero attached hydrogens (tertiary/aromatic N) is 3. The van der Waals surface area contributed by atoms with Gasteiger partial charge in [0.2, 0.25) is 0 Å². The van der Waals surface area contributed by atoms with E-state index in [1.807, 2.05) is 48.1 Å². The first kappa shape index (κ1) is 13.5. The molecular formula is C17H12ClN3S. The van der Waals surface area contributed by atoms with Crippen molar-refractivity contribution in [3.8, 4) is 10.7 Å². The largest absolute Gasteiger partial charge is 0.319 e. The number of fused-ring (bicyclic) bond motifs is 1. The quantitative estimate of drug-likeness (QED) is 0.538. The number of imidazole rings is 1. The molecule has 0 bridgehead atoms. The van der Waals surface area contributed by atoms with E-state index in [1.165, 1.54) is 0 Å². The van der Waals surface area contributed by atoms with Gasteiger partial charge in [-0.1, -0.05) is 35.9 Å². The summed E-state index contributed by atoms with van der Waals surface area (Å²) in [6.45, 7) is 0.730. The molecule has 5 heteroatoms. The van der Waals surface area contributed by atoms with E-state index < -0.39 is 0 Å². The fraction of sp³-hybridized carbons (Fsp3) is 0.0588. The molecule has 0 amide bonds. The number of rotatable bonds is 3. The standard InChI is InChI=1S/C17H12ClN3S/c18-13-5-3-4-12(8-13)10-21-15-7-2-1-6-14(15)20-17(21)16-9-19-11-22-16/h1-9,11H,10H2. The van der Waals surface area contributed by atoms with Crippen LogP contribution in [-0.4, -0.2) is 14.5 Å². The van der Waals surface area contributed by atoms with Crippen LogP contribution in [0.2, 0.25) is 5.02 Å². The lowest BCUT2D eigenvalue weighted by atomic mass is 10.2. The van der Waals surface area contributed by atoms with Gasteiger partial charge in [0.25, 0.3) is 0 Å². The van der Waals surface area contributed by atoms with E-state index in [0.29, 0.717) is 0 Å². The topological polar surface area (TPSA) is 30.7 Å². The van der Waals surface area contributed by atoms with Crippen LogP contribution >= 0.6 is 22.9 Å². The van der Waals surface area contributed by atoms with E-state index in [-0.39, 0.29) is 0 Å². The Balaban J connectivity index is 1.89. The Morgan fingerprint density at radius 1 is 1.09 bits per heavy atom. The highest BCUT2D eigenvalue weighted by Gasteiger charge is 2.13. The normalized spacial score (nSPS) is 11.1. The molecule has 0 atom stereocenters. The number of para-hydroxylation sites is 2. The van der Waals surface area contributed by atoms with Crippen LogP contribution in [0.3, 0.4) is 0 Å². The van der Waals surface area contributed by atoms with Crippen LogP contribution in [0, 0.1) is 0 Å². The van der Waals surface area contributed by atoms with Crippen LogP contribution in [0.15, 0.2) is 60.2 Å². The monoisotopic (exact) mass is 325 g/mol. The number of hydrogen-bond donors (Lipinski definition) is 0. The Bertz CT molecular complexity index is 928. The van der Waals surface area contributed by atoms with Gasteiger partial charge < -0.3 is 4.57 Å². The highest BCUT2D eigenvalue weighted by atomic mass is 35.5. The Labute approximate surface area is 136 Å². The van der Waals surface area contributed by atoms with Crippen LogP contribution in [0.4, 0.5) is 0 Å². The fourth-order valence-electron chi connectivity index (χ4n) is 2.57. The molecule has 2 aromatic heterocycles. The number of benzene rings is 2. The van der Waals surface area contributed by atoms with E-state index in [2.05, 4.69) is 21.7 Å². The fourth-order valence-corrected chi connectivity index (χ4v) is 3.40. The third kappa shape index (κ3) is 2.40. The van der Waals surface area contributed by atoms with Gasteiger partial charge in [-0.05, 0) is 29.8 Å². The summed E-state index contributed by atoms with van der Waals surface area (Å²) in [7, 11) is 0. The molecule has 22 heavy (non-hydrogen) atoms. The van der Waals surface area contributed by atoms with Gasteiger partial charge in [-0.3, -0.25) is 4.98 Å². The van der Waals surface area contributed by atoms with Gasteiger partial charge in [0.05, 0.1) is 21.4 Å². The zero-order valence-corrected chi connectivity index (χ0v) is 13.2. The molecule has 0 N–H and O–H groups in total. The predicted molar refractivity (Wildman–Crippen MR) is 91.4 cm³/mol. The van der Waals surface area contributed by atoms with Crippen LogP contribution in [0.5, 0.6) is 0 Å². The summed E-state index contributed by atoms with van der Waals surface area (Å²) in [6, 6.07) is 16.1. The summed E-state index contributed by atoms with van der Waals surface area (Å²) in [5.41, 5.74) is 5.10. The molecule has 4 aromatic rings. The van der Waals surface area contributed by atoms with E-state index in [0.717, 1.165) is 38.9 Å². The predicted octanol–water partition coefficient (Wildman–Crippen LogP) is 4.86. The van der Waals surface area contributed by atoms with E-state index >= 15 is 0 Å². The van der Waals surface area contributed by atoms with Crippen LogP contribution in [-0.2, 0) is 6.54 Å². The Kier molecular flexibility index (Phi) is 3.41. The summed E-state index contributed by atoms with van der Waals surface area (Å²) < 4.78 is 2.22. The van der Waals surface area contributed by atoms with Crippen molar-refractivity contribution >= 4 is 34.0 Å². The summed E-state index contributed by atoms with van der Waals surface area (Å²) in [4.78, 5) is 10.0. The molecule has 0 fully saturated rings. The van der Waals surface area contributed by atoms with Gasteiger partial charge in [0, 0.05) is 17.8 Å². The first-order chi connectivity index (χ1) is 10.8. The lowest BCUT2D eigenvalue weighted by Gasteiger charge is -2.08. The SMILES string of the molecule is Clc1cccc(Cn2c(-c3cncs3)nc3ccccc32)c1. The molecular weight excluding hydrogens is 314 g/mol. The van der Waals surface area contributed by atoms with Gasteiger partial charge in [0.15, 0.2) is 5.82 Å². The van der Waals surface area contributed by atoms with Crippen LogP contribution in [0.1, 0.15) is 5.56 Å². The average molecular weight is 326 g/mol. The first-order valence-electron chi connectivity index (χ1n) is 6.90. The second-order valence-corrected chi connectivity index (χ2v) is 6.33. The summed E-state index contributed by atoms with van der Waals surface area (Å²) in [6.07, 6.45) is 1.86. The maximum absolute atomic E-state index is 6.11. The zero-order chi connectivity index (χ0) is 14.9. The second-order valence-electron chi connectivity index (χ2n) is 5.01. The maximum atomic E-state index is 6.11. The smallest absolute Gasteiger partial charge is 0.153 e. The Hall–Kier alpha value is -2.17. The first-order valence-corrected chi connectivity index (χ1v) is 8.15. The summed E-state index contributed by atoms with van der Waals surface area (Å²) >= 11 is 7.71. The number of hydrogen-bond acceptors (Lipinski definition) is 3. The number of aromatic nitrogens is 3. The molecule has 0 aliphatic heterocycles. The minimum atomic E-state index is 0.730. The zero-order valence-electron chi connectivity index (χ0n) is 11.6. The molecule has 0 saturated carbocycles. The Morgan fingerprint density at radius 2 is 2.00 bits per heavy atom. The van der Waals surface area contributed by atoms with Gasteiger partial charge in [-0.25, -0.2) is 4.98 Å². The lowest BCUT2D eigenvalue weighted by Crippen LogP contribution is -2.01. The average Bonchev–Trinajstić information content (AvgIpc) is 3.15. The maximum Gasteiger partial charge on any atom is 0.153 e. The molecule has 2 aromatic carbocycles. The van der Waals surface area contributed by atoms with Gasteiger partial charge in [-0.15, -0.1) is 11.3 Å². The van der Waals surface area contributed by atoms with E-state index in [9.17, 15) is 0 Å². The minimum absolute atomic E-state index is 0.730. The van der Waals surface area contributed by atoms with Crippen molar-refractivity contribution in [1.29, 1.82) is 0 Å². The molecule has 3 nitrogen and oxygen atoms in total. The molecule has 0 aliphatic rings. The Morgan fingerprint density at radius 3 is 2.82 bits per heavy atom. The number of thiazole rings is 1. The van der Waals surface area contributed by atoms with Crippen molar-refractivity contribution < 1.29 is 0 Å². The van der Waals surface area contributed by atoms with E-state index in [4.69, 9.17) is 16.6 Å². The van der Waals surface area contributed by atoms with Gasteiger partial charge in [0.1, 0.15) is 0 Å². The number of halogens is 1. The molecule has 2 heterocycles. The summed E-state index contributed by atoms with van der Waals surface area (Å²) in [5.74, 6) is 0.948. The molecule has 0 aliphatic carbocycles. The molecule has 0 saturated heterocycles. The van der Waals surface area contributed by atoms with Crippen molar-refractivity contribution in [3.05, 3.63) is 70.8 Å². The molecule has 0 radical (unpaired) electrons. The third-order valence-electron chi connectivity index (χ3n) is 3.54. The van der Waals surface area contributed by atoms with Crippen LogP contribution < -0.4 is 0 Å². The third-order valence-corrected chi connectivity index (χ3v) is 4.54. The second kappa shape index (κ2) is 5.55. The van der Waals surface area contributed by atoms with Crippen molar-refractivity contribution in [3.63, 3.8) is 0 Å². The summed E-state index contributed by atoms with van der Waals surface area (Å²) in [5, 5.41) is 0.751. The highest BCUT2D eigenvalue weighted by Crippen LogP contribution is 2.28. The highest BCUT2D eigenvalue weighted by molar-refractivity contribution is 7.13. The van der Waals surface area contributed by atoms with Crippen molar-refractivity contribution in [2.24, 2.45) is 0 Å².